The van der Waals surface area contributed by atoms with Gasteiger partial charge in [0, 0.05) is 30.8 Å². The summed E-state index contributed by atoms with van der Waals surface area (Å²) >= 11 is 0. The maximum Gasteiger partial charge on any atom is 0.254 e. The second-order valence-corrected chi connectivity index (χ2v) is 5.89. The zero-order valence-electron chi connectivity index (χ0n) is 13.2. The van der Waals surface area contributed by atoms with Gasteiger partial charge in [0.1, 0.15) is 5.82 Å². The first-order chi connectivity index (χ1) is 11.2. The molecule has 3 nitrogen and oxygen atoms in total. The summed E-state index contributed by atoms with van der Waals surface area (Å²) in [7, 11) is 1.64. The number of hydrogen-bond acceptors (Lipinski definition) is 2. The molecule has 0 heterocycles. The number of nitrogens with zero attached hydrogens (tertiary/aromatic N) is 1. The van der Waals surface area contributed by atoms with Crippen LogP contribution in [0.2, 0.25) is 0 Å². The van der Waals surface area contributed by atoms with Crippen LogP contribution in [0.25, 0.3) is 0 Å². The highest BCUT2D eigenvalue weighted by atomic mass is 19.1. The minimum absolute atomic E-state index is 0.0419. The lowest BCUT2D eigenvalue weighted by atomic mass is 10.1. The predicted molar refractivity (Wildman–Crippen MR) is 86.5 cm³/mol. The molecule has 0 radical (unpaired) electrons. The first-order valence-corrected chi connectivity index (χ1v) is 7.81. The summed E-state index contributed by atoms with van der Waals surface area (Å²) in [6, 6.07) is 14.3. The van der Waals surface area contributed by atoms with E-state index < -0.39 is 0 Å². The first kappa shape index (κ1) is 15.7. The van der Waals surface area contributed by atoms with E-state index in [-0.39, 0.29) is 17.8 Å². The van der Waals surface area contributed by atoms with Gasteiger partial charge in [-0.15, -0.1) is 0 Å². The number of methoxy groups -OCH3 is 1. The summed E-state index contributed by atoms with van der Waals surface area (Å²) in [6.45, 7) is 0.839. The number of benzene rings is 2. The third-order valence-electron chi connectivity index (χ3n) is 4.06. The molecule has 4 heteroatoms. The number of halogens is 1. The lowest BCUT2D eigenvalue weighted by Gasteiger charge is -2.23. The van der Waals surface area contributed by atoms with Crippen LogP contribution in [0.15, 0.2) is 48.5 Å². The molecule has 0 N–H and O–H groups in total. The van der Waals surface area contributed by atoms with Crippen LogP contribution in [0.3, 0.4) is 0 Å². The molecular formula is C19H20FNO2. The largest absolute Gasteiger partial charge is 0.380 e. The lowest BCUT2D eigenvalue weighted by molar-refractivity contribution is 0.0728. The van der Waals surface area contributed by atoms with Crippen molar-refractivity contribution in [3.05, 3.63) is 71.0 Å². The Morgan fingerprint density at radius 1 is 1.17 bits per heavy atom. The Bertz CT molecular complexity index is 680. The Kier molecular flexibility index (Phi) is 4.72. The van der Waals surface area contributed by atoms with Crippen molar-refractivity contribution in [1.82, 2.24) is 4.90 Å². The molecule has 2 aromatic carbocycles. The summed E-state index contributed by atoms with van der Waals surface area (Å²) in [5, 5.41) is 0. The summed E-state index contributed by atoms with van der Waals surface area (Å²) in [4.78, 5) is 14.6. The van der Waals surface area contributed by atoms with Crippen molar-refractivity contribution >= 4 is 5.91 Å². The second-order valence-electron chi connectivity index (χ2n) is 5.89. The topological polar surface area (TPSA) is 29.5 Å². The van der Waals surface area contributed by atoms with Crippen molar-refractivity contribution in [1.29, 1.82) is 0 Å². The Balaban J connectivity index is 1.78. The molecule has 1 saturated carbocycles. The van der Waals surface area contributed by atoms with Crippen molar-refractivity contribution in [2.24, 2.45) is 0 Å². The van der Waals surface area contributed by atoms with Crippen LogP contribution >= 0.6 is 0 Å². The normalized spacial score (nSPS) is 13.8. The van der Waals surface area contributed by atoms with Gasteiger partial charge in [-0.1, -0.05) is 30.3 Å². The number of hydrogen-bond donors (Lipinski definition) is 0. The summed E-state index contributed by atoms with van der Waals surface area (Å²) in [5.74, 6) is -0.305. The monoisotopic (exact) mass is 313 g/mol. The van der Waals surface area contributed by atoms with Crippen molar-refractivity contribution in [3.63, 3.8) is 0 Å². The van der Waals surface area contributed by atoms with Gasteiger partial charge in [-0.2, -0.15) is 0 Å². The molecule has 0 aromatic heterocycles. The molecule has 1 aliphatic rings. The molecule has 1 aliphatic carbocycles. The average Bonchev–Trinajstić information content (AvgIpc) is 3.39. The molecule has 2 aromatic rings. The fraction of sp³-hybridized carbons (Fsp3) is 0.316. The molecule has 120 valence electrons. The number of ether oxygens (including phenoxy) is 1. The molecule has 0 saturated heterocycles. The first-order valence-electron chi connectivity index (χ1n) is 7.81. The van der Waals surface area contributed by atoms with E-state index in [1.165, 1.54) is 6.07 Å². The van der Waals surface area contributed by atoms with E-state index in [0.29, 0.717) is 24.3 Å². The van der Waals surface area contributed by atoms with Crippen molar-refractivity contribution < 1.29 is 13.9 Å². The van der Waals surface area contributed by atoms with Crippen LogP contribution in [0.1, 0.15) is 34.3 Å². The smallest absolute Gasteiger partial charge is 0.254 e. The van der Waals surface area contributed by atoms with Gasteiger partial charge in [0.25, 0.3) is 5.91 Å². The Hall–Kier alpha value is -2.20. The van der Waals surface area contributed by atoms with E-state index >= 15 is 0 Å². The zero-order chi connectivity index (χ0) is 16.2. The van der Waals surface area contributed by atoms with Gasteiger partial charge < -0.3 is 9.64 Å². The van der Waals surface area contributed by atoms with Crippen LogP contribution < -0.4 is 0 Å². The van der Waals surface area contributed by atoms with Crippen molar-refractivity contribution in [2.45, 2.75) is 32.0 Å². The molecule has 23 heavy (non-hydrogen) atoms. The second kappa shape index (κ2) is 6.92. The van der Waals surface area contributed by atoms with Gasteiger partial charge in [0.05, 0.1) is 6.61 Å². The zero-order valence-corrected chi connectivity index (χ0v) is 13.2. The summed E-state index contributed by atoms with van der Waals surface area (Å²) < 4.78 is 19.0. The van der Waals surface area contributed by atoms with E-state index in [9.17, 15) is 9.18 Å². The molecule has 0 unspecified atom stereocenters. The minimum Gasteiger partial charge on any atom is -0.380 e. The molecule has 1 fully saturated rings. The fourth-order valence-corrected chi connectivity index (χ4v) is 2.64. The van der Waals surface area contributed by atoms with Gasteiger partial charge in [-0.25, -0.2) is 4.39 Å². The predicted octanol–water partition coefficient (Wildman–Crippen LogP) is 3.78. The van der Waals surface area contributed by atoms with Crippen molar-refractivity contribution in [2.75, 3.05) is 7.11 Å². The highest BCUT2D eigenvalue weighted by Gasteiger charge is 2.33. The van der Waals surface area contributed by atoms with E-state index in [4.69, 9.17) is 4.74 Å². The van der Waals surface area contributed by atoms with Crippen molar-refractivity contribution in [3.8, 4) is 0 Å². The van der Waals surface area contributed by atoms with E-state index in [2.05, 4.69) is 0 Å². The fourth-order valence-electron chi connectivity index (χ4n) is 2.64. The number of carbonyl (C=O) groups excluding carboxylic acids is 1. The van der Waals surface area contributed by atoms with Gasteiger partial charge >= 0.3 is 0 Å². The van der Waals surface area contributed by atoms with Crippen LogP contribution in [0, 0.1) is 5.82 Å². The van der Waals surface area contributed by atoms with Crippen LogP contribution in [-0.4, -0.2) is 24.0 Å². The van der Waals surface area contributed by atoms with E-state index in [0.717, 1.165) is 18.4 Å². The van der Waals surface area contributed by atoms with Gasteiger partial charge in [-0.05, 0) is 36.6 Å². The van der Waals surface area contributed by atoms with Crippen LogP contribution in [0.5, 0.6) is 0 Å². The summed E-state index contributed by atoms with van der Waals surface area (Å²) in [6.07, 6.45) is 1.98. The molecule has 1 amide bonds. The standard InChI is InChI=1S/C19H20FNO2/c1-23-13-14-6-8-15(9-7-14)19(22)21(17-10-11-17)12-16-4-2-3-5-18(16)20/h2-9,17H,10-13H2,1H3. The molecular weight excluding hydrogens is 293 g/mol. The third kappa shape index (κ3) is 3.77. The maximum absolute atomic E-state index is 13.9. The molecule has 0 bridgehead atoms. The van der Waals surface area contributed by atoms with E-state index in [1.54, 1.807) is 30.2 Å². The molecule has 0 aliphatic heterocycles. The maximum atomic E-state index is 13.9. The van der Waals surface area contributed by atoms with Crippen LogP contribution in [-0.2, 0) is 17.9 Å². The number of carbonyl (C=O) groups is 1. The Labute approximate surface area is 135 Å². The average molecular weight is 313 g/mol. The summed E-state index contributed by atoms with van der Waals surface area (Å²) in [5.41, 5.74) is 2.22. The van der Waals surface area contributed by atoms with E-state index in [1.807, 2.05) is 24.3 Å². The highest BCUT2D eigenvalue weighted by Crippen LogP contribution is 2.30. The Morgan fingerprint density at radius 3 is 2.48 bits per heavy atom. The van der Waals surface area contributed by atoms with Gasteiger partial charge in [0.15, 0.2) is 0 Å². The highest BCUT2D eigenvalue weighted by molar-refractivity contribution is 5.94. The van der Waals surface area contributed by atoms with Gasteiger partial charge in [-0.3, -0.25) is 4.79 Å². The Morgan fingerprint density at radius 2 is 1.87 bits per heavy atom. The van der Waals surface area contributed by atoms with Gasteiger partial charge in [0.2, 0.25) is 0 Å². The molecule has 0 spiro atoms. The van der Waals surface area contributed by atoms with Crippen LogP contribution in [0.4, 0.5) is 4.39 Å². The molecule has 0 atom stereocenters. The number of rotatable bonds is 6. The minimum atomic E-state index is -0.263. The quantitative estimate of drug-likeness (QED) is 0.812. The molecule has 3 rings (SSSR count). The SMILES string of the molecule is COCc1ccc(C(=O)N(Cc2ccccc2F)C2CC2)cc1. The number of amides is 1. The third-order valence-corrected chi connectivity index (χ3v) is 4.06. The lowest BCUT2D eigenvalue weighted by Crippen LogP contribution is -2.32.